The molecule has 1 saturated heterocycles. The largest absolute Gasteiger partial charge is 0.369 e. The Morgan fingerprint density at radius 3 is 2.32 bits per heavy atom. The molecule has 1 aliphatic heterocycles. The number of halogens is 2. The first-order valence-electron chi connectivity index (χ1n) is 11.5. The number of carbonyl (C=O) groups excluding carboxylic acids is 1. The van der Waals surface area contributed by atoms with E-state index in [1.807, 2.05) is 30.3 Å². The molecular formula is C27H30F2N4O. The monoisotopic (exact) mass is 464 g/mol. The van der Waals surface area contributed by atoms with E-state index in [1.54, 1.807) is 11.9 Å². The predicted molar refractivity (Wildman–Crippen MR) is 132 cm³/mol. The smallest absolute Gasteiger partial charge is 0.238 e. The Balaban J connectivity index is 1.23. The van der Waals surface area contributed by atoms with Crippen LogP contribution in [0.1, 0.15) is 11.1 Å². The summed E-state index contributed by atoms with van der Waals surface area (Å²) in [7, 11) is 1.73. The molecule has 3 aromatic carbocycles. The maximum Gasteiger partial charge on any atom is 0.238 e. The number of amides is 1. The average molecular weight is 465 g/mol. The molecule has 1 fully saturated rings. The van der Waals surface area contributed by atoms with E-state index in [0.717, 1.165) is 50.2 Å². The van der Waals surface area contributed by atoms with E-state index >= 15 is 0 Å². The first kappa shape index (κ1) is 23.9. The van der Waals surface area contributed by atoms with E-state index in [9.17, 15) is 13.6 Å². The third kappa shape index (κ3) is 6.62. The van der Waals surface area contributed by atoms with E-state index in [4.69, 9.17) is 0 Å². The maximum atomic E-state index is 13.8. The number of hydrogen-bond acceptors (Lipinski definition) is 4. The van der Waals surface area contributed by atoms with Crippen molar-refractivity contribution in [1.29, 1.82) is 0 Å². The van der Waals surface area contributed by atoms with Gasteiger partial charge in [0.15, 0.2) is 0 Å². The van der Waals surface area contributed by atoms with Gasteiger partial charge in [-0.3, -0.25) is 14.6 Å². The van der Waals surface area contributed by atoms with Crippen molar-refractivity contribution < 1.29 is 13.6 Å². The van der Waals surface area contributed by atoms with Gasteiger partial charge in [-0.15, -0.1) is 0 Å². The fourth-order valence-electron chi connectivity index (χ4n) is 4.20. The Hall–Kier alpha value is -3.29. The lowest BCUT2D eigenvalue weighted by atomic mass is 10.2. The van der Waals surface area contributed by atoms with Crippen molar-refractivity contribution in [2.45, 2.75) is 13.1 Å². The number of hydrogen-bond donors (Lipinski definition) is 1. The highest BCUT2D eigenvalue weighted by atomic mass is 19.1. The van der Waals surface area contributed by atoms with Crippen LogP contribution in [0.2, 0.25) is 0 Å². The van der Waals surface area contributed by atoms with Crippen molar-refractivity contribution in [3.05, 3.63) is 95.6 Å². The van der Waals surface area contributed by atoms with Crippen LogP contribution in [-0.2, 0) is 17.9 Å². The molecule has 0 spiro atoms. The Bertz CT molecular complexity index is 1080. The molecule has 1 aliphatic rings. The summed E-state index contributed by atoms with van der Waals surface area (Å²) in [5.41, 5.74) is 3.55. The molecule has 4 rings (SSSR count). The van der Waals surface area contributed by atoms with Crippen molar-refractivity contribution in [3.8, 4) is 0 Å². The Morgan fingerprint density at radius 1 is 0.941 bits per heavy atom. The molecule has 0 bridgehead atoms. The summed E-state index contributed by atoms with van der Waals surface area (Å²) in [6.07, 6.45) is 0. The normalized spacial score (nSPS) is 14.4. The van der Waals surface area contributed by atoms with Gasteiger partial charge in [-0.25, -0.2) is 8.78 Å². The summed E-state index contributed by atoms with van der Waals surface area (Å²) in [6.45, 7) is 5.23. The van der Waals surface area contributed by atoms with Crippen molar-refractivity contribution >= 4 is 17.3 Å². The van der Waals surface area contributed by atoms with Gasteiger partial charge in [0.25, 0.3) is 0 Å². The zero-order chi connectivity index (χ0) is 23.9. The second kappa shape index (κ2) is 11.2. The predicted octanol–water partition coefficient (Wildman–Crippen LogP) is 4.36. The molecule has 1 N–H and O–H groups in total. The van der Waals surface area contributed by atoms with Crippen LogP contribution in [0.15, 0.2) is 72.8 Å². The topological polar surface area (TPSA) is 38.8 Å². The molecular weight excluding hydrogens is 434 g/mol. The summed E-state index contributed by atoms with van der Waals surface area (Å²) >= 11 is 0. The quantitative estimate of drug-likeness (QED) is 0.538. The second-order valence-electron chi connectivity index (χ2n) is 8.75. The molecule has 34 heavy (non-hydrogen) atoms. The van der Waals surface area contributed by atoms with Gasteiger partial charge in [-0.05, 0) is 42.9 Å². The van der Waals surface area contributed by atoms with Crippen LogP contribution in [0, 0.1) is 11.6 Å². The standard InChI is InChI=1S/C27H30F2N4O/c1-31(19-22-7-8-23(28)17-26(22)29)20-27(34)30-24-9-11-25(12-10-24)33-15-13-32(14-16-33)18-21-5-3-2-4-6-21/h2-12,17H,13-16,18-20H2,1H3,(H,30,34). The number of rotatable bonds is 8. The van der Waals surface area contributed by atoms with Crippen LogP contribution >= 0.6 is 0 Å². The molecule has 3 aromatic rings. The molecule has 7 heteroatoms. The lowest BCUT2D eigenvalue weighted by Gasteiger charge is -2.36. The number of anilines is 2. The molecule has 5 nitrogen and oxygen atoms in total. The van der Waals surface area contributed by atoms with Crippen molar-refractivity contribution in [2.24, 2.45) is 0 Å². The fourth-order valence-corrected chi connectivity index (χ4v) is 4.20. The van der Waals surface area contributed by atoms with Gasteiger partial charge in [0.1, 0.15) is 11.6 Å². The molecule has 0 aliphatic carbocycles. The first-order valence-corrected chi connectivity index (χ1v) is 11.5. The van der Waals surface area contributed by atoms with E-state index in [-0.39, 0.29) is 19.0 Å². The van der Waals surface area contributed by atoms with Gasteiger partial charge in [0, 0.05) is 62.3 Å². The summed E-state index contributed by atoms with van der Waals surface area (Å²) in [5.74, 6) is -1.41. The van der Waals surface area contributed by atoms with Gasteiger partial charge in [-0.1, -0.05) is 36.4 Å². The van der Waals surface area contributed by atoms with Gasteiger partial charge in [0.05, 0.1) is 6.54 Å². The average Bonchev–Trinajstić information content (AvgIpc) is 2.82. The molecule has 1 amide bonds. The molecule has 178 valence electrons. The molecule has 0 aromatic heterocycles. The minimum atomic E-state index is -0.612. The van der Waals surface area contributed by atoms with E-state index in [1.165, 1.54) is 17.7 Å². The van der Waals surface area contributed by atoms with Gasteiger partial charge in [-0.2, -0.15) is 0 Å². The molecule has 0 atom stereocenters. The van der Waals surface area contributed by atoms with Gasteiger partial charge >= 0.3 is 0 Å². The lowest BCUT2D eigenvalue weighted by molar-refractivity contribution is -0.117. The third-order valence-corrected chi connectivity index (χ3v) is 6.01. The van der Waals surface area contributed by atoms with Crippen LogP contribution < -0.4 is 10.2 Å². The number of likely N-dealkylation sites (N-methyl/N-ethyl adjacent to an activating group) is 1. The molecule has 0 unspecified atom stereocenters. The van der Waals surface area contributed by atoms with Crippen molar-refractivity contribution in [1.82, 2.24) is 9.80 Å². The minimum Gasteiger partial charge on any atom is -0.369 e. The second-order valence-corrected chi connectivity index (χ2v) is 8.75. The minimum absolute atomic E-state index is 0.0991. The van der Waals surface area contributed by atoms with Crippen LogP contribution in [0.4, 0.5) is 20.2 Å². The highest BCUT2D eigenvalue weighted by Crippen LogP contribution is 2.20. The SMILES string of the molecule is CN(CC(=O)Nc1ccc(N2CCN(Cc3ccccc3)CC2)cc1)Cc1ccc(F)cc1F. The Kier molecular flexibility index (Phi) is 7.87. The zero-order valence-electron chi connectivity index (χ0n) is 19.4. The van der Waals surface area contributed by atoms with E-state index in [2.05, 4.69) is 39.4 Å². The summed E-state index contributed by atoms with van der Waals surface area (Å²) in [4.78, 5) is 18.9. The van der Waals surface area contributed by atoms with Crippen LogP contribution in [0.25, 0.3) is 0 Å². The summed E-state index contributed by atoms with van der Waals surface area (Å²) in [5, 5.41) is 2.89. The summed E-state index contributed by atoms with van der Waals surface area (Å²) < 4.78 is 26.9. The molecule has 0 radical (unpaired) electrons. The number of piperazine rings is 1. The highest BCUT2D eigenvalue weighted by molar-refractivity contribution is 5.92. The highest BCUT2D eigenvalue weighted by Gasteiger charge is 2.17. The first-order chi connectivity index (χ1) is 16.5. The van der Waals surface area contributed by atoms with Gasteiger partial charge < -0.3 is 10.2 Å². The van der Waals surface area contributed by atoms with Crippen LogP contribution in [-0.4, -0.2) is 55.5 Å². The summed E-state index contributed by atoms with van der Waals surface area (Å²) in [6, 6.07) is 21.9. The Morgan fingerprint density at radius 2 is 1.65 bits per heavy atom. The number of benzene rings is 3. The van der Waals surface area contributed by atoms with Gasteiger partial charge in [0.2, 0.25) is 5.91 Å². The Labute approximate surface area is 199 Å². The molecule has 1 heterocycles. The van der Waals surface area contributed by atoms with Crippen LogP contribution in [0.5, 0.6) is 0 Å². The third-order valence-electron chi connectivity index (χ3n) is 6.01. The number of nitrogens with zero attached hydrogens (tertiary/aromatic N) is 3. The number of nitrogens with one attached hydrogen (secondary N) is 1. The van der Waals surface area contributed by atoms with Crippen LogP contribution in [0.3, 0.4) is 0 Å². The maximum absolute atomic E-state index is 13.8. The zero-order valence-corrected chi connectivity index (χ0v) is 19.4. The molecule has 0 saturated carbocycles. The fraction of sp³-hybridized carbons (Fsp3) is 0.296. The lowest BCUT2D eigenvalue weighted by Crippen LogP contribution is -2.45. The van der Waals surface area contributed by atoms with Crippen molar-refractivity contribution in [2.75, 3.05) is 50.0 Å². The van der Waals surface area contributed by atoms with Crippen molar-refractivity contribution in [3.63, 3.8) is 0 Å². The van der Waals surface area contributed by atoms with E-state index < -0.39 is 11.6 Å². The number of carbonyl (C=O) groups is 1. The van der Waals surface area contributed by atoms with E-state index in [0.29, 0.717) is 5.56 Å².